The highest BCUT2D eigenvalue weighted by Gasteiger charge is 2.13. The summed E-state index contributed by atoms with van der Waals surface area (Å²) >= 11 is 0. The van der Waals surface area contributed by atoms with Crippen molar-refractivity contribution in [3.63, 3.8) is 0 Å². The van der Waals surface area contributed by atoms with E-state index < -0.39 is 0 Å². The highest BCUT2D eigenvalue weighted by Crippen LogP contribution is 2.33. The van der Waals surface area contributed by atoms with Gasteiger partial charge in [-0.2, -0.15) is 0 Å². The maximum Gasteiger partial charge on any atom is 0.270 e. The molecule has 3 heterocycles. The molecule has 0 saturated carbocycles. The van der Waals surface area contributed by atoms with Crippen molar-refractivity contribution in [1.29, 1.82) is 0 Å². The zero-order chi connectivity index (χ0) is 18.5. The Morgan fingerprint density at radius 1 is 1.00 bits per heavy atom. The predicted molar refractivity (Wildman–Crippen MR) is 98.2 cm³/mol. The van der Waals surface area contributed by atoms with Gasteiger partial charge >= 0.3 is 0 Å². The fraction of sp³-hybridized carbons (Fsp3) is 0.158. The van der Waals surface area contributed by atoms with Gasteiger partial charge in [0.1, 0.15) is 18.9 Å². The molecule has 1 aliphatic rings. The summed E-state index contributed by atoms with van der Waals surface area (Å²) in [7, 11) is 0. The van der Waals surface area contributed by atoms with E-state index in [2.05, 4.69) is 25.6 Å². The van der Waals surface area contributed by atoms with Gasteiger partial charge in [0.25, 0.3) is 5.91 Å². The van der Waals surface area contributed by atoms with Crippen LogP contribution >= 0.6 is 0 Å². The van der Waals surface area contributed by atoms with Gasteiger partial charge in [-0.3, -0.25) is 9.78 Å². The maximum absolute atomic E-state index is 12.3. The van der Waals surface area contributed by atoms with E-state index in [4.69, 9.17) is 9.47 Å². The summed E-state index contributed by atoms with van der Waals surface area (Å²) in [4.78, 5) is 24.7. The molecule has 0 fully saturated rings. The minimum atomic E-state index is -0.278. The van der Waals surface area contributed by atoms with E-state index in [1.54, 1.807) is 18.5 Å². The van der Waals surface area contributed by atoms with Gasteiger partial charge in [-0.1, -0.05) is 0 Å². The normalized spacial score (nSPS) is 12.3. The molecule has 3 aromatic rings. The third kappa shape index (κ3) is 4.12. The van der Waals surface area contributed by atoms with E-state index in [0.717, 1.165) is 11.3 Å². The first-order valence-electron chi connectivity index (χ1n) is 8.45. The van der Waals surface area contributed by atoms with Gasteiger partial charge in [-0.15, -0.1) is 0 Å². The number of nitrogens with zero attached hydrogens (tertiary/aromatic N) is 3. The summed E-state index contributed by atoms with van der Waals surface area (Å²) in [5, 5.41) is 5.90. The number of anilines is 2. The lowest BCUT2D eigenvalue weighted by Gasteiger charge is -2.19. The first-order valence-corrected chi connectivity index (χ1v) is 8.45. The molecule has 136 valence electrons. The molecule has 27 heavy (non-hydrogen) atoms. The van der Waals surface area contributed by atoms with Gasteiger partial charge in [-0.25, -0.2) is 9.97 Å². The lowest BCUT2D eigenvalue weighted by atomic mass is 10.2. The molecule has 0 spiro atoms. The Balaban J connectivity index is 1.43. The third-order valence-corrected chi connectivity index (χ3v) is 3.89. The van der Waals surface area contributed by atoms with E-state index in [9.17, 15) is 4.79 Å². The van der Waals surface area contributed by atoms with Gasteiger partial charge in [-0.05, 0) is 35.9 Å². The van der Waals surface area contributed by atoms with Gasteiger partial charge < -0.3 is 20.1 Å². The van der Waals surface area contributed by atoms with E-state index in [-0.39, 0.29) is 11.6 Å². The van der Waals surface area contributed by atoms with Crippen molar-refractivity contribution >= 4 is 17.5 Å². The fourth-order valence-electron chi connectivity index (χ4n) is 2.57. The molecular weight excluding hydrogens is 346 g/mol. The highest BCUT2D eigenvalue weighted by atomic mass is 16.6. The summed E-state index contributed by atoms with van der Waals surface area (Å²) in [6, 6.07) is 10.7. The number of nitrogens with one attached hydrogen (secondary N) is 2. The average molecular weight is 363 g/mol. The molecule has 8 heteroatoms. The van der Waals surface area contributed by atoms with Crippen LogP contribution in [0.15, 0.2) is 55.0 Å². The van der Waals surface area contributed by atoms with Crippen LogP contribution in [-0.2, 0) is 6.54 Å². The molecule has 0 bridgehead atoms. The Bertz CT molecular complexity index is 949. The molecule has 4 rings (SSSR count). The summed E-state index contributed by atoms with van der Waals surface area (Å²) in [6.07, 6.45) is 4.90. The number of benzene rings is 1. The topological polar surface area (TPSA) is 98.3 Å². The SMILES string of the molecule is O=C(NCc1ccncc1)c1ccnc(Nc2ccc3c(c2)OCCO3)n1. The maximum atomic E-state index is 12.3. The van der Waals surface area contributed by atoms with Crippen molar-refractivity contribution in [2.24, 2.45) is 0 Å². The second-order valence-electron chi connectivity index (χ2n) is 5.79. The molecule has 0 atom stereocenters. The van der Waals surface area contributed by atoms with Crippen molar-refractivity contribution < 1.29 is 14.3 Å². The number of rotatable bonds is 5. The van der Waals surface area contributed by atoms with E-state index in [0.29, 0.717) is 37.2 Å². The van der Waals surface area contributed by atoms with Crippen LogP contribution in [0.2, 0.25) is 0 Å². The number of amides is 1. The van der Waals surface area contributed by atoms with Crippen molar-refractivity contribution in [3.05, 3.63) is 66.2 Å². The smallest absolute Gasteiger partial charge is 0.270 e. The number of carbonyl (C=O) groups is 1. The predicted octanol–water partition coefficient (Wildman–Crippen LogP) is 2.32. The van der Waals surface area contributed by atoms with Crippen LogP contribution in [0.25, 0.3) is 0 Å². The van der Waals surface area contributed by atoms with E-state index in [1.165, 1.54) is 6.20 Å². The minimum Gasteiger partial charge on any atom is -0.486 e. The molecule has 2 N–H and O–H groups in total. The Morgan fingerprint density at radius 2 is 1.81 bits per heavy atom. The van der Waals surface area contributed by atoms with Crippen LogP contribution in [0.5, 0.6) is 11.5 Å². The van der Waals surface area contributed by atoms with Crippen LogP contribution in [0.1, 0.15) is 16.1 Å². The van der Waals surface area contributed by atoms with Crippen LogP contribution in [-0.4, -0.2) is 34.1 Å². The number of carbonyl (C=O) groups excluding carboxylic acids is 1. The fourth-order valence-corrected chi connectivity index (χ4v) is 2.57. The molecule has 2 aromatic heterocycles. The monoisotopic (exact) mass is 363 g/mol. The molecule has 0 radical (unpaired) electrons. The molecular formula is C19H17N5O3. The first kappa shape index (κ1) is 16.8. The molecule has 1 aliphatic heterocycles. The van der Waals surface area contributed by atoms with Crippen LogP contribution in [0.4, 0.5) is 11.6 Å². The van der Waals surface area contributed by atoms with Crippen molar-refractivity contribution in [2.45, 2.75) is 6.54 Å². The largest absolute Gasteiger partial charge is 0.486 e. The number of aromatic nitrogens is 3. The van der Waals surface area contributed by atoms with E-state index in [1.807, 2.05) is 30.3 Å². The van der Waals surface area contributed by atoms with Gasteiger partial charge in [0, 0.05) is 36.9 Å². The zero-order valence-electron chi connectivity index (χ0n) is 14.4. The Labute approximate surface area is 155 Å². The Kier molecular flexibility index (Phi) is 4.78. The van der Waals surface area contributed by atoms with Crippen LogP contribution < -0.4 is 20.1 Å². The lowest BCUT2D eigenvalue weighted by molar-refractivity contribution is 0.0946. The number of fused-ring (bicyclic) bond motifs is 1. The standard InChI is InChI=1S/C19H17N5O3/c25-18(22-12-13-3-6-20-7-4-13)15-5-8-21-19(24-15)23-14-1-2-16-17(11-14)27-10-9-26-16/h1-8,11H,9-10,12H2,(H,22,25)(H,21,23,24). The number of hydrogen-bond acceptors (Lipinski definition) is 7. The summed E-state index contributed by atoms with van der Waals surface area (Å²) in [5.41, 5.74) is 1.98. The van der Waals surface area contributed by atoms with Gasteiger partial charge in [0.15, 0.2) is 11.5 Å². The van der Waals surface area contributed by atoms with Crippen LogP contribution in [0.3, 0.4) is 0 Å². The van der Waals surface area contributed by atoms with Crippen molar-refractivity contribution in [1.82, 2.24) is 20.3 Å². The first-order chi connectivity index (χ1) is 13.3. The molecule has 1 aromatic carbocycles. The molecule has 8 nitrogen and oxygen atoms in total. The second-order valence-corrected chi connectivity index (χ2v) is 5.79. The minimum absolute atomic E-state index is 0.277. The lowest BCUT2D eigenvalue weighted by Crippen LogP contribution is -2.24. The van der Waals surface area contributed by atoms with E-state index >= 15 is 0 Å². The third-order valence-electron chi connectivity index (χ3n) is 3.89. The summed E-state index contributed by atoms with van der Waals surface area (Å²) < 4.78 is 11.1. The van der Waals surface area contributed by atoms with Gasteiger partial charge in [0.2, 0.25) is 5.95 Å². The Morgan fingerprint density at radius 3 is 2.67 bits per heavy atom. The van der Waals surface area contributed by atoms with Crippen molar-refractivity contribution in [2.75, 3.05) is 18.5 Å². The average Bonchev–Trinajstić information content (AvgIpc) is 2.73. The number of hydrogen-bond donors (Lipinski definition) is 2. The van der Waals surface area contributed by atoms with Crippen molar-refractivity contribution in [3.8, 4) is 11.5 Å². The highest BCUT2D eigenvalue weighted by molar-refractivity contribution is 5.92. The molecule has 1 amide bonds. The number of pyridine rings is 1. The molecule has 0 saturated heterocycles. The zero-order valence-corrected chi connectivity index (χ0v) is 14.4. The molecule has 0 aliphatic carbocycles. The van der Waals surface area contributed by atoms with Gasteiger partial charge in [0.05, 0.1) is 0 Å². The second kappa shape index (κ2) is 7.69. The quantitative estimate of drug-likeness (QED) is 0.718. The summed E-state index contributed by atoms with van der Waals surface area (Å²) in [6.45, 7) is 1.45. The number of ether oxygens (including phenoxy) is 2. The summed E-state index contributed by atoms with van der Waals surface area (Å²) in [5.74, 6) is 1.41. The van der Waals surface area contributed by atoms with Crippen LogP contribution in [0, 0.1) is 0 Å². The molecule has 0 unspecified atom stereocenters. The Hall–Kier alpha value is -3.68.